The van der Waals surface area contributed by atoms with Gasteiger partial charge < -0.3 is 9.47 Å². The summed E-state index contributed by atoms with van der Waals surface area (Å²) in [6, 6.07) is 8.33. The number of nitrogens with zero attached hydrogens (tertiary/aromatic N) is 2. The van der Waals surface area contributed by atoms with Crippen molar-refractivity contribution in [2.45, 2.75) is 200 Å². The topological polar surface area (TPSA) is 44.2 Å². The molecule has 0 N–H and O–H groups in total. The molecule has 4 fully saturated rings. The third-order valence-corrected chi connectivity index (χ3v) is 15.2. The Bertz CT molecular complexity index is 1230. The van der Waals surface area contributed by atoms with E-state index in [0.717, 1.165) is 71.7 Å². The maximum Gasteiger partial charge on any atom is 0.137 e. The Balaban J connectivity index is 0.000000211. The van der Waals surface area contributed by atoms with Gasteiger partial charge in [-0.1, -0.05) is 174 Å². The Morgan fingerprint density at radius 2 is 0.709 bits per heavy atom. The smallest absolute Gasteiger partial charge is 0.137 e. The standard InChI is InChI=1S/C26H43NO.C25H41NO/c1-3-4-5-21-6-8-22(9-7-21)10-11-23-12-14-24(15-13-23)16-17-25-18-19-26(28-2)20-27-25;1-3-4-20-5-7-21(8-6-20)9-10-22-11-13-23(14-12-22)15-16-24-17-18-25(27-2)19-26-24/h18-24H,3-17H2,1-2H3;17-23H,3-16H2,1-2H3/t21-,22-,23-,24-;20-,21-,22-,23-. The third-order valence-electron chi connectivity index (χ3n) is 15.2. The minimum Gasteiger partial charge on any atom is -0.495 e. The normalized spacial score (nSPS) is 28.5. The molecule has 0 saturated heterocycles. The number of hydrogen-bond donors (Lipinski definition) is 0. The van der Waals surface area contributed by atoms with Crippen LogP contribution in [0.2, 0.25) is 0 Å². The van der Waals surface area contributed by atoms with Gasteiger partial charge in [0, 0.05) is 11.4 Å². The van der Waals surface area contributed by atoms with Crippen LogP contribution in [0.1, 0.15) is 199 Å². The van der Waals surface area contributed by atoms with E-state index >= 15 is 0 Å². The van der Waals surface area contributed by atoms with Crippen LogP contribution in [0, 0.1) is 47.3 Å². The van der Waals surface area contributed by atoms with Crippen LogP contribution < -0.4 is 9.47 Å². The molecule has 2 aromatic rings. The molecule has 0 atom stereocenters. The van der Waals surface area contributed by atoms with Gasteiger partial charge in [0.2, 0.25) is 0 Å². The van der Waals surface area contributed by atoms with Gasteiger partial charge in [0.15, 0.2) is 0 Å². The number of unbranched alkanes of at least 4 members (excludes halogenated alkanes) is 1. The maximum absolute atomic E-state index is 5.20. The van der Waals surface area contributed by atoms with Crippen LogP contribution in [0.4, 0.5) is 0 Å². The van der Waals surface area contributed by atoms with Crippen LogP contribution in [0.25, 0.3) is 0 Å². The summed E-state index contributed by atoms with van der Waals surface area (Å²) in [6.45, 7) is 4.67. The summed E-state index contributed by atoms with van der Waals surface area (Å²) in [5, 5.41) is 0. The Labute approximate surface area is 339 Å². The molecule has 0 aliphatic heterocycles. The fourth-order valence-electron chi connectivity index (χ4n) is 11.1. The van der Waals surface area contributed by atoms with Gasteiger partial charge in [-0.3, -0.25) is 9.97 Å². The van der Waals surface area contributed by atoms with Crippen LogP contribution in [0.15, 0.2) is 36.7 Å². The molecule has 2 aromatic heterocycles. The van der Waals surface area contributed by atoms with E-state index in [9.17, 15) is 0 Å². The molecule has 4 heteroatoms. The number of ether oxygens (including phenoxy) is 2. The monoisotopic (exact) mass is 757 g/mol. The van der Waals surface area contributed by atoms with Gasteiger partial charge in [-0.25, -0.2) is 0 Å². The quantitative estimate of drug-likeness (QED) is 0.143. The molecule has 6 rings (SSSR count). The number of aromatic nitrogens is 2. The minimum absolute atomic E-state index is 0.859. The second-order valence-corrected chi connectivity index (χ2v) is 19.1. The van der Waals surface area contributed by atoms with Gasteiger partial charge in [0.1, 0.15) is 11.5 Å². The van der Waals surface area contributed by atoms with Crippen molar-refractivity contribution in [3.63, 3.8) is 0 Å². The van der Waals surface area contributed by atoms with Crippen molar-refractivity contribution in [2.24, 2.45) is 47.3 Å². The predicted octanol–water partition coefficient (Wildman–Crippen LogP) is 14.8. The fraction of sp³-hybridized carbons (Fsp3) is 0.804. The van der Waals surface area contributed by atoms with Gasteiger partial charge in [-0.2, -0.15) is 0 Å². The predicted molar refractivity (Wildman–Crippen MR) is 233 cm³/mol. The Kier molecular flexibility index (Phi) is 20.2. The first-order valence-corrected chi connectivity index (χ1v) is 24.0. The summed E-state index contributed by atoms with van der Waals surface area (Å²) >= 11 is 0. The lowest BCUT2D eigenvalue weighted by atomic mass is 9.74. The van der Waals surface area contributed by atoms with Crippen molar-refractivity contribution in [2.75, 3.05) is 14.2 Å². The van der Waals surface area contributed by atoms with Crippen LogP contribution in [0.3, 0.4) is 0 Å². The van der Waals surface area contributed by atoms with Crippen LogP contribution in [0.5, 0.6) is 11.5 Å². The van der Waals surface area contributed by atoms with E-state index in [4.69, 9.17) is 9.47 Å². The highest BCUT2D eigenvalue weighted by atomic mass is 16.5. The third kappa shape index (κ3) is 16.4. The first-order chi connectivity index (χ1) is 27.0. The Hall–Kier alpha value is -2.10. The molecule has 4 aliphatic carbocycles. The average Bonchev–Trinajstić information content (AvgIpc) is 3.25. The summed E-state index contributed by atoms with van der Waals surface area (Å²) in [5.74, 6) is 9.84. The molecule has 55 heavy (non-hydrogen) atoms. The minimum atomic E-state index is 0.859. The summed E-state index contributed by atoms with van der Waals surface area (Å²) in [5.41, 5.74) is 2.44. The van der Waals surface area contributed by atoms with Crippen molar-refractivity contribution in [1.82, 2.24) is 9.97 Å². The zero-order valence-corrected chi connectivity index (χ0v) is 36.3. The Morgan fingerprint density at radius 1 is 0.400 bits per heavy atom. The zero-order chi connectivity index (χ0) is 38.5. The molecule has 4 aliphatic rings. The van der Waals surface area contributed by atoms with Crippen molar-refractivity contribution in [3.8, 4) is 11.5 Å². The van der Waals surface area contributed by atoms with Crippen LogP contribution in [-0.4, -0.2) is 24.2 Å². The first kappa shape index (κ1) is 44.0. The van der Waals surface area contributed by atoms with Gasteiger partial charge in [-0.05, 0) is 97.3 Å². The summed E-state index contributed by atoms with van der Waals surface area (Å²) in [4.78, 5) is 9.05. The van der Waals surface area contributed by atoms with E-state index < -0.39 is 0 Å². The number of methoxy groups -OCH3 is 2. The molecule has 0 amide bonds. The van der Waals surface area contributed by atoms with Crippen molar-refractivity contribution < 1.29 is 9.47 Å². The molecule has 310 valence electrons. The molecule has 4 saturated carbocycles. The molecular formula is C51H84N2O2. The molecule has 0 spiro atoms. The number of rotatable bonds is 19. The number of pyridine rings is 2. The maximum atomic E-state index is 5.20. The fourth-order valence-corrected chi connectivity index (χ4v) is 11.1. The van der Waals surface area contributed by atoms with E-state index in [0.29, 0.717) is 0 Å². The van der Waals surface area contributed by atoms with Gasteiger partial charge in [0.05, 0.1) is 26.6 Å². The van der Waals surface area contributed by atoms with E-state index in [2.05, 4.69) is 35.9 Å². The lowest BCUT2D eigenvalue weighted by Crippen LogP contribution is -2.18. The van der Waals surface area contributed by atoms with E-state index in [1.165, 1.54) is 185 Å². The highest BCUT2D eigenvalue weighted by Crippen LogP contribution is 2.40. The van der Waals surface area contributed by atoms with Crippen molar-refractivity contribution in [3.05, 3.63) is 48.0 Å². The molecular weight excluding hydrogens is 673 g/mol. The highest BCUT2D eigenvalue weighted by molar-refractivity contribution is 5.20. The number of aryl methyl sites for hydroxylation is 2. The SMILES string of the molecule is CCCC[C@H]1CC[C@H](CC[C@H]2CC[C@H](CCc3ccc(OC)cn3)CC2)CC1.CCC[C@H]1CC[C@H](CC[C@H]2CC[C@H](CCc3ccc(OC)cn3)CC2)CC1. The summed E-state index contributed by atoms with van der Waals surface area (Å²) in [7, 11) is 3.40. The molecule has 0 bridgehead atoms. The van der Waals surface area contributed by atoms with Crippen molar-refractivity contribution in [1.29, 1.82) is 0 Å². The van der Waals surface area contributed by atoms with Crippen molar-refractivity contribution >= 4 is 0 Å². The average molecular weight is 757 g/mol. The lowest BCUT2D eigenvalue weighted by molar-refractivity contribution is 0.208. The molecule has 0 unspecified atom stereocenters. The van der Waals surface area contributed by atoms with E-state index in [-0.39, 0.29) is 0 Å². The second kappa shape index (κ2) is 25.3. The number of hydrogen-bond acceptors (Lipinski definition) is 4. The van der Waals surface area contributed by atoms with E-state index in [1.807, 2.05) is 24.5 Å². The Morgan fingerprint density at radius 3 is 0.982 bits per heavy atom. The van der Waals surface area contributed by atoms with Gasteiger partial charge in [-0.15, -0.1) is 0 Å². The zero-order valence-electron chi connectivity index (χ0n) is 36.3. The van der Waals surface area contributed by atoms with E-state index in [1.54, 1.807) is 14.2 Å². The molecule has 0 aromatic carbocycles. The summed E-state index contributed by atoms with van der Waals surface area (Å²) < 4.78 is 10.4. The first-order valence-electron chi connectivity index (χ1n) is 24.0. The molecule has 2 heterocycles. The van der Waals surface area contributed by atoms with Gasteiger partial charge >= 0.3 is 0 Å². The molecule has 4 nitrogen and oxygen atoms in total. The van der Waals surface area contributed by atoms with Crippen LogP contribution in [-0.2, 0) is 12.8 Å². The largest absolute Gasteiger partial charge is 0.495 e. The van der Waals surface area contributed by atoms with Gasteiger partial charge in [0.25, 0.3) is 0 Å². The highest BCUT2D eigenvalue weighted by Gasteiger charge is 2.26. The second-order valence-electron chi connectivity index (χ2n) is 19.1. The summed E-state index contributed by atoms with van der Waals surface area (Å²) in [6.07, 6.45) is 45.7. The lowest BCUT2D eigenvalue weighted by Gasteiger charge is -2.32. The molecule has 0 radical (unpaired) electrons. The van der Waals surface area contributed by atoms with Crippen LogP contribution >= 0.6 is 0 Å².